The second-order valence-corrected chi connectivity index (χ2v) is 7.94. The van der Waals surface area contributed by atoms with Gasteiger partial charge in [0.05, 0.1) is 19.2 Å². The molecule has 6 nitrogen and oxygen atoms in total. The number of urea groups is 1. The Balaban J connectivity index is 1.52. The monoisotopic (exact) mass is 403 g/mol. The number of carbonyl (C=O) groups excluding carboxylic acids is 2. The van der Waals surface area contributed by atoms with Gasteiger partial charge in [-0.05, 0) is 62.1 Å². The maximum atomic E-state index is 13.2. The topological polar surface area (TPSA) is 71.5 Å². The zero-order valence-electron chi connectivity index (χ0n) is 17.4. The summed E-state index contributed by atoms with van der Waals surface area (Å²) in [7, 11) is 1.63. The Kier molecular flexibility index (Phi) is 5.16. The molecule has 30 heavy (non-hydrogen) atoms. The average molecular weight is 403 g/mol. The summed E-state index contributed by atoms with van der Waals surface area (Å²) in [6.07, 6.45) is 1.20. The lowest BCUT2D eigenvalue weighted by Gasteiger charge is -2.22. The molecule has 1 aromatic heterocycles. The van der Waals surface area contributed by atoms with Crippen LogP contribution in [0.15, 0.2) is 54.6 Å². The van der Waals surface area contributed by atoms with E-state index in [-0.39, 0.29) is 18.5 Å². The zero-order chi connectivity index (χ0) is 21.3. The summed E-state index contributed by atoms with van der Waals surface area (Å²) < 4.78 is 5.19. The molecule has 0 spiro atoms. The van der Waals surface area contributed by atoms with E-state index >= 15 is 0 Å². The lowest BCUT2D eigenvalue weighted by molar-refractivity contribution is -0.131. The Morgan fingerprint density at radius 3 is 2.57 bits per heavy atom. The smallest absolute Gasteiger partial charge is 0.325 e. The number of carbonyl (C=O) groups is 2. The molecule has 4 rings (SSSR count). The molecule has 0 radical (unpaired) electrons. The molecule has 1 unspecified atom stereocenters. The molecule has 1 saturated heterocycles. The highest BCUT2D eigenvalue weighted by molar-refractivity contribution is 6.07. The molecule has 1 fully saturated rings. The van der Waals surface area contributed by atoms with Crippen molar-refractivity contribution >= 4 is 22.8 Å². The van der Waals surface area contributed by atoms with Crippen molar-refractivity contribution in [3.63, 3.8) is 0 Å². The molecule has 0 bridgehead atoms. The number of pyridine rings is 1. The molecule has 2 aromatic carbocycles. The summed E-state index contributed by atoms with van der Waals surface area (Å²) in [5, 5.41) is 3.86. The summed E-state index contributed by atoms with van der Waals surface area (Å²) in [6, 6.07) is 17.1. The van der Waals surface area contributed by atoms with Crippen LogP contribution in [-0.2, 0) is 17.8 Å². The van der Waals surface area contributed by atoms with E-state index in [0.29, 0.717) is 12.8 Å². The first-order valence-electron chi connectivity index (χ1n) is 10.0. The number of amides is 3. The number of fused-ring (bicyclic) bond motifs is 1. The molecule has 1 aliphatic heterocycles. The molecule has 1 aliphatic rings. The highest BCUT2D eigenvalue weighted by atomic mass is 16.5. The standard InChI is InChI=1S/C24H25N3O3/c1-16-14-18(20-6-4-5-7-21(20)25-16)15-27-22(28)24(2,26-23(27)29)13-12-17-8-10-19(30-3)11-9-17/h4-11,14H,12-13,15H2,1-3H3,(H,26,29). The molecule has 1 N–H and O–H groups in total. The second-order valence-electron chi connectivity index (χ2n) is 7.94. The van der Waals surface area contributed by atoms with Crippen LogP contribution >= 0.6 is 0 Å². The summed E-state index contributed by atoms with van der Waals surface area (Å²) in [6.45, 7) is 3.94. The summed E-state index contributed by atoms with van der Waals surface area (Å²) in [4.78, 5) is 31.7. The molecule has 1 atom stereocenters. The van der Waals surface area contributed by atoms with Crippen LogP contribution in [0, 0.1) is 6.92 Å². The van der Waals surface area contributed by atoms with Gasteiger partial charge in [-0.1, -0.05) is 30.3 Å². The van der Waals surface area contributed by atoms with E-state index in [4.69, 9.17) is 4.74 Å². The van der Waals surface area contributed by atoms with E-state index in [9.17, 15) is 9.59 Å². The first-order chi connectivity index (χ1) is 14.4. The molecule has 3 aromatic rings. The minimum absolute atomic E-state index is 0.195. The Hall–Kier alpha value is -3.41. The van der Waals surface area contributed by atoms with Crippen molar-refractivity contribution in [1.82, 2.24) is 15.2 Å². The number of rotatable bonds is 6. The van der Waals surface area contributed by atoms with Gasteiger partial charge in [-0.2, -0.15) is 0 Å². The second kappa shape index (κ2) is 7.78. The Morgan fingerprint density at radius 1 is 1.10 bits per heavy atom. The predicted octanol–water partition coefficient (Wildman–Crippen LogP) is 4.00. The van der Waals surface area contributed by atoms with Crippen LogP contribution in [0.25, 0.3) is 10.9 Å². The van der Waals surface area contributed by atoms with Crippen molar-refractivity contribution in [2.75, 3.05) is 7.11 Å². The van der Waals surface area contributed by atoms with E-state index in [1.54, 1.807) is 14.0 Å². The number of aryl methyl sites for hydroxylation is 2. The van der Waals surface area contributed by atoms with Gasteiger partial charge in [0.2, 0.25) is 0 Å². The van der Waals surface area contributed by atoms with Crippen LogP contribution < -0.4 is 10.1 Å². The van der Waals surface area contributed by atoms with Gasteiger partial charge in [-0.3, -0.25) is 14.7 Å². The highest BCUT2D eigenvalue weighted by Crippen LogP contribution is 2.27. The first-order valence-corrected chi connectivity index (χ1v) is 10.0. The average Bonchev–Trinajstić information content (AvgIpc) is 2.96. The fraction of sp³-hybridized carbons (Fsp3) is 0.292. The third-order valence-electron chi connectivity index (χ3n) is 5.68. The zero-order valence-corrected chi connectivity index (χ0v) is 17.4. The summed E-state index contributed by atoms with van der Waals surface area (Å²) in [5.74, 6) is 0.598. The number of imide groups is 1. The van der Waals surface area contributed by atoms with Gasteiger partial charge in [0, 0.05) is 11.1 Å². The number of para-hydroxylation sites is 1. The molecule has 0 aliphatic carbocycles. The van der Waals surface area contributed by atoms with Gasteiger partial charge in [0.25, 0.3) is 5.91 Å². The van der Waals surface area contributed by atoms with Crippen molar-refractivity contribution in [3.8, 4) is 5.75 Å². The van der Waals surface area contributed by atoms with Crippen LogP contribution in [0.5, 0.6) is 5.75 Å². The molecule has 154 valence electrons. The van der Waals surface area contributed by atoms with E-state index in [1.165, 1.54) is 4.90 Å². The van der Waals surface area contributed by atoms with Crippen LogP contribution in [0.2, 0.25) is 0 Å². The van der Waals surface area contributed by atoms with Crippen molar-refractivity contribution in [2.45, 2.75) is 38.8 Å². The first kappa shape index (κ1) is 19.9. The molecular formula is C24H25N3O3. The highest BCUT2D eigenvalue weighted by Gasteiger charge is 2.47. The minimum atomic E-state index is -0.922. The fourth-order valence-electron chi connectivity index (χ4n) is 3.94. The van der Waals surface area contributed by atoms with Crippen LogP contribution in [0.3, 0.4) is 0 Å². The van der Waals surface area contributed by atoms with Crippen molar-refractivity contribution < 1.29 is 14.3 Å². The van der Waals surface area contributed by atoms with Crippen LogP contribution in [-0.4, -0.2) is 34.5 Å². The van der Waals surface area contributed by atoms with Gasteiger partial charge in [0.1, 0.15) is 11.3 Å². The number of nitrogens with one attached hydrogen (secondary N) is 1. The normalized spacial score (nSPS) is 18.7. The van der Waals surface area contributed by atoms with Crippen molar-refractivity contribution in [1.29, 1.82) is 0 Å². The van der Waals surface area contributed by atoms with Gasteiger partial charge in [-0.15, -0.1) is 0 Å². The van der Waals surface area contributed by atoms with Crippen LogP contribution in [0.4, 0.5) is 4.79 Å². The lowest BCUT2D eigenvalue weighted by atomic mass is 9.93. The maximum absolute atomic E-state index is 13.2. The number of aromatic nitrogens is 1. The van der Waals surface area contributed by atoms with E-state index < -0.39 is 5.54 Å². The number of hydrogen-bond donors (Lipinski definition) is 1. The molecule has 0 saturated carbocycles. The molecular weight excluding hydrogens is 378 g/mol. The predicted molar refractivity (Wildman–Crippen MR) is 115 cm³/mol. The largest absolute Gasteiger partial charge is 0.497 e. The van der Waals surface area contributed by atoms with Crippen molar-refractivity contribution in [2.24, 2.45) is 0 Å². The third kappa shape index (κ3) is 3.73. The number of ether oxygens (including phenoxy) is 1. The molecule has 2 heterocycles. The lowest BCUT2D eigenvalue weighted by Crippen LogP contribution is -2.44. The molecule has 6 heteroatoms. The summed E-state index contributed by atoms with van der Waals surface area (Å²) in [5.41, 5.74) is 2.81. The van der Waals surface area contributed by atoms with E-state index in [1.807, 2.05) is 61.5 Å². The quantitative estimate of drug-likeness (QED) is 0.632. The van der Waals surface area contributed by atoms with Gasteiger partial charge in [0.15, 0.2) is 0 Å². The number of benzene rings is 2. The number of hydrogen-bond acceptors (Lipinski definition) is 4. The fourth-order valence-corrected chi connectivity index (χ4v) is 3.94. The Labute approximate surface area is 175 Å². The van der Waals surface area contributed by atoms with Gasteiger partial charge in [-0.25, -0.2) is 4.79 Å². The van der Waals surface area contributed by atoms with Crippen molar-refractivity contribution in [3.05, 3.63) is 71.4 Å². The Morgan fingerprint density at radius 2 is 1.83 bits per heavy atom. The summed E-state index contributed by atoms with van der Waals surface area (Å²) >= 11 is 0. The number of nitrogens with zero attached hydrogens (tertiary/aromatic N) is 2. The van der Waals surface area contributed by atoms with E-state index in [0.717, 1.165) is 33.5 Å². The maximum Gasteiger partial charge on any atom is 0.325 e. The Bertz CT molecular complexity index is 1110. The third-order valence-corrected chi connectivity index (χ3v) is 5.68. The SMILES string of the molecule is COc1ccc(CCC2(C)NC(=O)N(Cc3cc(C)nc4ccccc34)C2=O)cc1. The number of methoxy groups -OCH3 is 1. The van der Waals surface area contributed by atoms with Crippen LogP contribution in [0.1, 0.15) is 30.2 Å². The van der Waals surface area contributed by atoms with Gasteiger partial charge >= 0.3 is 6.03 Å². The van der Waals surface area contributed by atoms with Gasteiger partial charge < -0.3 is 10.1 Å². The minimum Gasteiger partial charge on any atom is -0.497 e. The van der Waals surface area contributed by atoms with E-state index in [2.05, 4.69) is 10.3 Å². The molecule has 3 amide bonds.